The number of anilines is 1. The first-order valence-electron chi connectivity index (χ1n) is 24.8. The molecule has 2 saturated heterocycles. The number of urea groups is 1. The summed E-state index contributed by atoms with van der Waals surface area (Å²) in [5, 5.41) is 21.0. The number of piperazine rings is 1. The highest BCUT2D eigenvalue weighted by molar-refractivity contribution is 7.23. The van der Waals surface area contributed by atoms with Crippen molar-refractivity contribution in [2.45, 2.75) is 65.3 Å². The van der Waals surface area contributed by atoms with E-state index in [9.17, 15) is 38.7 Å². The van der Waals surface area contributed by atoms with Gasteiger partial charge >= 0.3 is 6.03 Å². The first-order valence-corrected chi connectivity index (χ1v) is 25.6. The number of aromatic nitrogens is 2. The Balaban J connectivity index is 0.675. The molecule has 3 aliphatic rings. The van der Waals surface area contributed by atoms with Gasteiger partial charge in [0.25, 0.3) is 17.7 Å². The van der Waals surface area contributed by atoms with Crippen LogP contribution in [0.1, 0.15) is 80.0 Å². The molecule has 1 unspecified atom stereocenters. The molecule has 75 heavy (non-hydrogen) atoms. The molecular formula is C53H61N11O10S. The number of piperidine rings is 1. The lowest BCUT2D eigenvalue weighted by atomic mass is 9.93. The number of thiazole rings is 1. The third-order valence-corrected chi connectivity index (χ3v) is 13.9. The summed E-state index contributed by atoms with van der Waals surface area (Å²) in [5.74, 6) is -1.69. The number of amidine groups is 1. The summed E-state index contributed by atoms with van der Waals surface area (Å²) in [5.41, 5.74) is 9.13. The quantitative estimate of drug-likeness (QED) is 0.0200. The maximum absolute atomic E-state index is 13.3. The van der Waals surface area contributed by atoms with Gasteiger partial charge in [0, 0.05) is 93.3 Å². The molecule has 394 valence electrons. The van der Waals surface area contributed by atoms with Crippen molar-refractivity contribution in [2.75, 3.05) is 64.3 Å². The summed E-state index contributed by atoms with van der Waals surface area (Å²) < 4.78 is 14.9. The minimum atomic E-state index is -0.963. The van der Waals surface area contributed by atoms with E-state index in [0.717, 1.165) is 37.1 Å². The Morgan fingerprint density at radius 1 is 0.947 bits per heavy atom. The van der Waals surface area contributed by atoms with Crippen LogP contribution < -0.4 is 36.5 Å². The zero-order valence-corrected chi connectivity index (χ0v) is 42.9. The fourth-order valence-corrected chi connectivity index (χ4v) is 9.69. The van der Waals surface area contributed by atoms with Crippen molar-refractivity contribution >= 4 is 79.5 Å². The molecule has 1 atom stereocenters. The molecule has 0 saturated carbocycles. The van der Waals surface area contributed by atoms with Gasteiger partial charge in [0.15, 0.2) is 11.6 Å². The number of hydrogen-bond acceptors (Lipinski definition) is 13. The Kier molecular flexibility index (Phi) is 16.6. The molecule has 21 nitrogen and oxygen atoms in total. The lowest BCUT2D eigenvalue weighted by Gasteiger charge is -2.34. The van der Waals surface area contributed by atoms with Gasteiger partial charge in [-0.15, -0.1) is 0 Å². The predicted octanol–water partition coefficient (Wildman–Crippen LogP) is 5.38. The number of carbonyl (C=O) groups is 7. The predicted molar refractivity (Wildman–Crippen MR) is 283 cm³/mol. The van der Waals surface area contributed by atoms with Gasteiger partial charge in [-0.3, -0.25) is 43.0 Å². The molecule has 8 rings (SSSR count). The number of benzene rings is 3. The first-order chi connectivity index (χ1) is 35.9. The van der Waals surface area contributed by atoms with E-state index in [2.05, 4.69) is 37.7 Å². The van der Waals surface area contributed by atoms with E-state index in [4.69, 9.17) is 20.2 Å². The van der Waals surface area contributed by atoms with Crippen molar-refractivity contribution in [3.63, 3.8) is 0 Å². The van der Waals surface area contributed by atoms with E-state index in [1.165, 1.54) is 18.2 Å². The van der Waals surface area contributed by atoms with Crippen LogP contribution in [0.3, 0.4) is 0 Å². The lowest BCUT2D eigenvalue weighted by Crippen LogP contribution is -2.51. The molecule has 0 bridgehead atoms. The normalized spacial score (nSPS) is 16.5. The Labute approximate surface area is 436 Å². The monoisotopic (exact) mass is 1040 g/mol. The molecule has 2 fully saturated rings. The number of aliphatic imine (C=N–C) groups is 1. The summed E-state index contributed by atoms with van der Waals surface area (Å²) in [4.78, 5) is 104. The number of nitrogens with two attached hydrogens (primary N) is 1. The molecule has 3 aromatic carbocycles. The molecule has 22 heteroatoms. The minimum Gasteiger partial charge on any atom is -0.512 e. The Morgan fingerprint density at radius 3 is 2.40 bits per heavy atom. The molecule has 0 aliphatic carbocycles. The summed E-state index contributed by atoms with van der Waals surface area (Å²) in [7, 11) is 0. The first kappa shape index (κ1) is 53.2. The van der Waals surface area contributed by atoms with E-state index in [1.54, 1.807) is 34.4 Å². The number of nitrogens with one attached hydrogen (secondary N) is 4. The molecule has 0 radical (unpaired) electrons. The molecule has 5 aromatic rings. The Bertz CT molecular complexity index is 3090. The number of unbranched alkanes of at least 4 members (excludes halogenated alkanes) is 1. The van der Waals surface area contributed by atoms with Gasteiger partial charge in [-0.1, -0.05) is 56.9 Å². The van der Waals surface area contributed by atoms with Gasteiger partial charge in [0.05, 0.1) is 27.0 Å². The van der Waals surface area contributed by atoms with Gasteiger partial charge in [-0.25, -0.2) is 9.78 Å². The highest BCUT2D eigenvalue weighted by Gasteiger charge is 2.45. The van der Waals surface area contributed by atoms with Crippen molar-refractivity contribution in [3.8, 4) is 22.8 Å². The molecule has 3 aliphatic heterocycles. The van der Waals surface area contributed by atoms with Crippen LogP contribution in [0.2, 0.25) is 0 Å². The minimum absolute atomic E-state index is 0.0168. The maximum Gasteiger partial charge on any atom is 0.347 e. The second kappa shape index (κ2) is 23.4. The van der Waals surface area contributed by atoms with Gasteiger partial charge < -0.3 is 46.5 Å². The maximum atomic E-state index is 13.3. The molecular weight excluding hydrogens is 983 g/mol. The van der Waals surface area contributed by atoms with Crippen molar-refractivity contribution in [1.82, 2.24) is 40.0 Å². The average Bonchev–Trinajstić information content (AvgIpc) is 4.02. The zero-order chi connectivity index (χ0) is 53.4. The smallest absolute Gasteiger partial charge is 0.347 e. The van der Waals surface area contributed by atoms with Crippen LogP contribution in [-0.4, -0.2) is 142 Å². The van der Waals surface area contributed by atoms with Gasteiger partial charge in [-0.05, 0) is 68.1 Å². The summed E-state index contributed by atoms with van der Waals surface area (Å²) in [6.45, 7) is 13.2. The van der Waals surface area contributed by atoms with Crippen LogP contribution in [0.4, 0.5) is 10.5 Å². The van der Waals surface area contributed by atoms with Crippen molar-refractivity contribution in [1.29, 1.82) is 0 Å². The largest absolute Gasteiger partial charge is 0.512 e. The van der Waals surface area contributed by atoms with Crippen molar-refractivity contribution in [3.05, 3.63) is 102 Å². The van der Waals surface area contributed by atoms with Crippen LogP contribution in [0, 0.1) is 5.41 Å². The number of imide groups is 1. The van der Waals surface area contributed by atoms with E-state index >= 15 is 0 Å². The Hall–Kier alpha value is -8.11. The second-order valence-electron chi connectivity index (χ2n) is 19.4. The highest BCUT2D eigenvalue weighted by Crippen LogP contribution is 2.35. The molecule has 0 spiro atoms. The van der Waals surface area contributed by atoms with Gasteiger partial charge in [0.2, 0.25) is 17.7 Å². The summed E-state index contributed by atoms with van der Waals surface area (Å²) in [6, 6.07) is 16.1. The highest BCUT2D eigenvalue weighted by atomic mass is 32.1. The molecule has 2 aromatic heterocycles. The molecule has 5 heterocycles. The number of amides is 8. The standard InChI is InChI=1S/C53H61N11O10S/c1-32-10-16-39(48(69)57-32)64-49(70)36-8-7-9-40(47(36)50(64)71)74-31-45(67)56-21-6-5-20-55-44(66)18-19-46(68)62-24-22-61(23-25-62)26-27-73-35-15-17-38-41(28-35)75-52-59-37(30-63(38)52)33-11-13-34(14-12-33)58-51(72)60-43(54)29-42(65)53(2,3)4/h7-9,11-15,17,28-30,39,65H,1,5-6,10,16,18-27,31H2,2-4H3,(H,55,66)(H,56,67)(H,57,69)(H3,54,58,60,72)/b42-29-. The fourth-order valence-electron chi connectivity index (χ4n) is 8.66. The van der Waals surface area contributed by atoms with E-state index < -0.39 is 47.7 Å². The van der Waals surface area contributed by atoms with Crippen LogP contribution in [0.15, 0.2) is 96.0 Å². The lowest BCUT2D eigenvalue weighted by molar-refractivity contribution is -0.135. The van der Waals surface area contributed by atoms with Crippen LogP contribution >= 0.6 is 11.3 Å². The number of imidazole rings is 1. The second-order valence-corrected chi connectivity index (χ2v) is 20.4. The third kappa shape index (κ3) is 13.2. The van der Waals surface area contributed by atoms with Gasteiger partial charge in [-0.2, -0.15) is 4.99 Å². The van der Waals surface area contributed by atoms with E-state index in [-0.39, 0.29) is 59.5 Å². The summed E-state index contributed by atoms with van der Waals surface area (Å²) in [6.07, 6.45) is 5.31. The number of aliphatic hydroxyl groups excluding tert-OH is 1. The van der Waals surface area contributed by atoms with Crippen LogP contribution in [0.5, 0.6) is 11.5 Å². The number of hydrogen-bond donors (Lipinski definition) is 6. The molecule has 8 amide bonds. The molecule has 7 N–H and O–H groups in total. The fraction of sp³-hybridized carbons (Fsp3) is 0.377. The van der Waals surface area contributed by atoms with Crippen molar-refractivity contribution in [2.24, 2.45) is 16.1 Å². The van der Waals surface area contributed by atoms with Gasteiger partial charge in [0.1, 0.15) is 35.7 Å². The zero-order valence-electron chi connectivity index (χ0n) is 42.1. The van der Waals surface area contributed by atoms with Crippen LogP contribution in [-0.2, 0) is 19.2 Å². The number of carbonyl (C=O) groups excluding carboxylic acids is 7. The third-order valence-electron chi connectivity index (χ3n) is 12.9. The Morgan fingerprint density at radius 2 is 1.68 bits per heavy atom. The van der Waals surface area contributed by atoms with Crippen LogP contribution in [0.25, 0.3) is 26.4 Å². The van der Waals surface area contributed by atoms with E-state index in [1.807, 2.05) is 61.7 Å². The SMILES string of the molecule is C=C1CCC(N2C(=O)c3cccc(OCC(=O)NCCCCNC(=O)CCC(=O)N4CCN(CCOc5ccc6c(c5)sc5nc(-c7ccc(NC(=O)N=C(N)/C=C(\O)C(C)(C)C)cc7)cn56)CC4)c3C2=O)C(=O)N1. The number of rotatable bonds is 19. The average molecular weight is 1040 g/mol. The number of fused-ring (bicyclic) bond motifs is 4. The number of aliphatic hydroxyl groups is 1. The van der Waals surface area contributed by atoms with E-state index in [0.29, 0.717) is 83.1 Å². The number of ether oxygens (including phenoxy) is 2. The number of allylic oxidation sites excluding steroid dienone is 2. The number of nitrogens with zero attached hydrogens (tertiary/aromatic N) is 6. The summed E-state index contributed by atoms with van der Waals surface area (Å²) >= 11 is 1.55. The van der Waals surface area contributed by atoms with Crippen molar-refractivity contribution < 1.29 is 48.1 Å². The topological polar surface area (TPSA) is 272 Å².